The van der Waals surface area contributed by atoms with Crippen LogP contribution in [0.5, 0.6) is 0 Å². The van der Waals surface area contributed by atoms with Gasteiger partial charge in [0, 0.05) is 25.6 Å². The molecule has 5 nitrogen and oxygen atoms in total. The number of hydrogen-bond donors (Lipinski definition) is 2. The molecule has 1 heterocycles. The van der Waals surface area contributed by atoms with Crippen molar-refractivity contribution in [1.29, 1.82) is 0 Å². The summed E-state index contributed by atoms with van der Waals surface area (Å²) in [6.45, 7) is 7.20. The van der Waals surface area contributed by atoms with Crippen molar-refractivity contribution >= 4 is 11.8 Å². The monoisotopic (exact) mass is 241 g/mol. The van der Waals surface area contributed by atoms with E-state index in [9.17, 15) is 9.59 Å². The molecule has 1 saturated heterocycles. The fourth-order valence-corrected chi connectivity index (χ4v) is 2.05. The summed E-state index contributed by atoms with van der Waals surface area (Å²) < 4.78 is 0. The van der Waals surface area contributed by atoms with E-state index in [0.717, 1.165) is 19.4 Å². The fourth-order valence-electron chi connectivity index (χ4n) is 2.05. The normalized spacial score (nSPS) is 16.9. The molecule has 5 heteroatoms. The summed E-state index contributed by atoms with van der Waals surface area (Å²) in [5, 5.41) is 5.87. The Hall–Kier alpha value is -1.10. The zero-order chi connectivity index (χ0) is 12.7. The lowest BCUT2D eigenvalue weighted by Gasteiger charge is -2.31. The van der Waals surface area contributed by atoms with Crippen molar-refractivity contribution in [2.75, 3.05) is 32.7 Å². The zero-order valence-corrected chi connectivity index (χ0v) is 10.8. The summed E-state index contributed by atoms with van der Waals surface area (Å²) in [6, 6.07) is 0. The molecule has 17 heavy (non-hydrogen) atoms. The van der Waals surface area contributed by atoms with E-state index in [-0.39, 0.29) is 17.7 Å². The van der Waals surface area contributed by atoms with Gasteiger partial charge in [0.15, 0.2) is 0 Å². The van der Waals surface area contributed by atoms with Gasteiger partial charge in [-0.1, -0.05) is 6.92 Å². The first-order valence-corrected chi connectivity index (χ1v) is 6.45. The second-order valence-corrected chi connectivity index (χ2v) is 4.33. The SMILES string of the molecule is CCNCC(=O)N1CCC(C(=O)NCC)CC1. The Morgan fingerprint density at radius 1 is 1.18 bits per heavy atom. The minimum atomic E-state index is 0.0816. The molecule has 0 spiro atoms. The Morgan fingerprint density at radius 2 is 1.82 bits per heavy atom. The third-order valence-corrected chi connectivity index (χ3v) is 3.10. The predicted molar refractivity (Wildman–Crippen MR) is 66.5 cm³/mol. The van der Waals surface area contributed by atoms with Crippen LogP contribution >= 0.6 is 0 Å². The van der Waals surface area contributed by atoms with E-state index in [1.54, 1.807) is 0 Å². The van der Waals surface area contributed by atoms with Crippen LogP contribution in [0, 0.1) is 5.92 Å². The highest BCUT2D eigenvalue weighted by atomic mass is 16.2. The van der Waals surface area contributed by atoms with Crippen LogP contribution in [0.4, 0.5) is 0 Å². The van der Waals surface area contributed by atoms with E-state index in [1.165, 1.54) is 0 Å². The second kappa shape index (κ2) is 7.27. The Bertz CT molecular complexity index is 260. The molecule has 0 aromatic carbocycles. The lowest BCUT2D eigenvalue weighted by atomic mass is 9.96. The first-order valence-electron chi connectivity index (χ1n) is 6.45. The van der Waals surface area contributed by atoms with Gasteiger partial charge in [-0.15, -0.1) is 0 Å². The highest BCUT2D eigenvalue weighted by molar-refractivity contribution is 5.80. The van der Waals surface area contributed by atoms with Crippen molar-refractivity contribution in [2.45, 2.75) is 26.7 Å². The molecular weight excluding hydrogens is 218 g/mol. The van der Waals surface area contributed by atoms with E-state index in [2.05, 4.69) is 10.6 Å². The Balaban J connectivity index is 2.30. The quantitative estimate of drug-likeness (QED) is 0.710. The third-order valence-electron chi connectivity index (χ3n) is 3.10. The summed E-state index contributed by atoms with van der Waals surface area (Å²) >= 11 is 0. The molecule has 0 saturated carbocycles. The molecule has 1 aliphatic heterocycles. The first kappa shape index (κ1) is 14.0. The number of rotatable bonds is 5. The highest BCUT2D eigenvalue weighted by Gasteiger charge is 2.26. The molecule has 1 aliphatic rings. The minimum absolute atomic E-state index is 0.0816. The summed E-state index contributed by atoms with van der Waals surface area (Å²) in [6.07, 6.45) is 1.56. The Morgan fingerprint density at radius 3 is 2.35 bits per heavy atom. The minimum Gasteiger partial charge on any atom is -0.356 e. The molecule has 0 aliphatic carbocycles. The van der Waals surface area contributed by atoms with Crippen LogP contribution in [-0.2, 0) is 9.59 Å². The highest BCUT2D eigenvalue weighted by Crippen LogP contribution is 2.17. The van der Waals surface area contributed by atoms with Gasteiger partial charge in [0.1, 0.15) is 0 Å². The molecule has 0 bridgehead atoms. The van der Waals surface area contributed by atoms with Crippen LogP contribution in [0.1, 0.15) is 26.7 Å². The maximum absolute atomic E-state index is 11.7. The summed E-state index contributed by atoms with van der Waals surface area (Å²) in [7, 11) is 0. The molecule has 1 fully saturated rings. The maximum atomic E-state index is 11.7. The lowest BCUT2D eigenvalue weighted by molar-refractivity contribution is -0.134. The largest absolute Gasteiger partial charge is 0.356 e. The number of amides is 2. The molecule has 0 unspecified atom stereocenters. The Labute approximate surface area is 103 Å². The van der Waals surface area contributed by atoms with Gasteiger partial charge < -0.3 is 15.5 Å². The standard InChI is InChI=1S/C12H23N3O2/c1-3-13-9-11(16)15-7-5-10(6-8-15)12(17)14-4-2/h10,13H,3-9H2,1-2H3,(H,14,17). The molecule has 0 aromatic rings. The van der Waals surface area contributed by atoms with Crippen LogP contribution in [-0.4, -0.2) is 49.4 Å². The van der Waals surface area contributed by atoms with Gasteiger partial charge in [-0.05, 0) is 26.3 Å². The zero-order valence-electron chi connectivity index (χ0n) is 10.8. The maximum Gasteiger partial charge on any atom is 0.236 e. The van der Waals surface area contributed by atoms with E-state index in [4.69, 9.17) is 0 Å². The van der Waals surface area contributed by atoms with Crippen LogP contribution in [0.15, 0.2) is 0 Å². The van der Waals surface area contributed by atoms with Gasteiger partial charge in [0.05, 0.1) is 6.54 Å². The molecule has 0 radical (unpaired) electrons. The van der Waals surface area contributed by atoms with Crippen LogP contribution in [0.25, 0.3) is 0 Å². The molecular formula is C12H23N3O2. The number of likely N-dealkylation sites (tertiary alicyclic amines) is 1. The Kier molecular flexibility index (Phi) is 5.97. The number of nitrogens with zero attached hydrogens (tertiary/aromatic N) is 1. The number of carbonyl (C=O) groups excluding carboxylic acids is 2. The number of carbonyl (C=O) groups is 2. The van der Waals surface area contributed by atoms with Crippen molar-refractivity contribution in [1.82, 2.24) is 15.5 Å². The topological polar surface area (TPSA) is 61.4 Å². The van der Waals surface area contributed by atoms with E-state index < -0.39 is 0 Å². The van der Waals surface area contributed by atoms with Crippen LogP contribution in [0.2, 0.25) is 0 Å². The first-order chi connectivity index (χ1) is 8.19. The molecule has 2 amide bonds. The van der Waals surface area contributed by atoms with Gasteiger partial charge in [0.25, 0.3) is 0 Å². The predicted octanol–water partition coefficient (Wildman–Crippen LogP) is -0.0294. The fraction of sp³-hybridized carbons (Fsp3) is 0.833. The van der Waals surface area contributed by atoms with E-state index in [0.29, 0.717) is 26.2 Å². The van der Waals surface area contributed by atoms with Crippen molar-refractivity contribution in [3.63, 3.8) is 0 Å². The molecule has 2 N–H and O–H groups in total. The molecule has 0 aromatic heterocycles. The van der Waals surface area contributed by atoms with E-state index in [1.807, 2.05) is 18.7 Å². The summed E-state index contributed by atoms with van der Waals surface area (Å²) in [5.41, 5.74) is 0. The lowest BCUT2D eigenvalue weighted by Crippen LogP contribution is -2.45. The number of nitrogens with one attached hydrogen (secondary N) is 2. The average Bonchev–Trinajstić information content (AvgIpc) is 2.36. The molecule has 98 valence electrons. The van der Waals surface area contributed by atoms with Gasteiger partial charge >= 0.3 is 0 Å². The smallest absolute Gasteiger partial charge is 0.236 e. The van der Waals surface area contributed by atoms with Crippen LogP contribution in [0.3, 0.4) is 0 Å². The van der Waals surface area contributed by atoms with Crippen molar-refractivity contribution in [3.8, 4) is 0 Å². The van der Waals surface area contributed by atoms with Crippen molar-refractivity contribution in [2.24, 2.45) is 5.92 Å². The third kappa shape index (κ3) is 4.34. The summed E-state index contributed by atoms with van der Waals surface area (Å²) in [4.78, 5) is 25.2. The van der Waals surface area contributed by atoms with Crippen LogP contribution < -0.4 is 10.6 Å². The summed E-state index contributed by atoms with van der Waals surface area (Å²) in [5.74, 6) is 0.352. The van der Waals surface area contributed by atoms with Crippen molar-refractivity contribution in [3.05, 3.63) is 0 Å². The number of hydrogen-bond acceptors (Lipinski definition) is 3. The second-order valence-electron chi connectivity index (χ2n) is 4.33. The van der Waals surface area contributed by atoms with Gasteiger partial charge in [-0.25, -0.2) is 0 Å². The van der Waals surface area contributed by atoms with Gasteiger partial charge in [0.2, 0.25) is 11.8 Å². The average molecular weight is 241 g/mol. The van der Waals surface area contributed by atoms with Gasteiger partial charge in [-0.3, -0.25) is 9.59 Å². The van der Waals surface area contributed by atoms with Crippen molar-refractivity contribution < 1.29 is 9.59 Å². The van der Waals surface area contributed by atoms with E-state index >= 15 is 0 Å². The van der Waals surface area contributed by atoms with Gasteiger partial charge in [-0.2, -0.15) is 0 Å². The molecule has 0 atom stereocenters. The molecule has 1 rings (SSSR count). The number of likely N-dealkylation sites (N-methyl/N-ethyl adjacent to an activating group) is 1. The number of piperidine rings is 1.